The molecule has 3 aromatic rings. The van der Waals surface area contributed by atoms with Gasteiger partial charge in [0.15, 0.2) is 0 Å². The molecule has 1 aromatic heterocycles. The molecular weight excluding hydrogens is 280 g/mol. The molecule has 2 aromatic carbocycles. The normalized spacial score (nSPS) is 12.5. The van der Waals surface area contributed by atoms with Crippen molar-refractivity contribution in [2.24, 2.45) is 0 Å². The van der Waals surface area contributed by atoms with Crippen LogP contribution >= 0.6 is 11.6 Å². The average Bonchev–Trinajstić information content (AvgIpc) is 2.52. The fourth-order valence-corrected chi connectivity index (χ4v) is 2.90. The van der Waals surface area contributed by atoms with Crippen LogP contribution < -0.4 is 5.32 Å². The van der Waals surface area contributed by atoms with E-state index >= 15 is 0 Å². The number of pyridine rings is 1. The summed E-state index contributed by atoms with van der Waals surface area (Å²) in [7, 11) is 1.98. The number of likely N-dealkylation sites (N-methyl/N-ethyl adjacent to an activating group) is 1. The van der Waals surface area contributed by atoms with Gasteiger partial charge in [0.05, 0.1) is 0 Å². The molecule has 2 nitrogen and oxygen atoms in total. The van der Waals surface area contributed by atoms with E-state index in [4.69, 9.17) is 11.6 Å². The quantitative estimate of drug-likeness (QED) is 0.772. The summed E-state index contributed by atoms with van der Waals surface area (Å²) in [6, 6.07) is 16.6. The van der Waals surface area contributed by atoms with Crippen LogP contribution in [-0.4, -0.2) is 12.0 Å². The molecule has 0 fully saturated rings. The highest BCUT2D eigenvalue weighted by molar-refractivity contribution is 6.30. The van der Waals surface area contributed by atoms with Crippen LogP contribution in [-0.2, 0) is 6.42 Å². The third-order valence-corrected chi connectivity index (χ3v) is 3.99. The second-order valence-corrected chi connectivity index (χ2v) is 5.56. The Labute approximate surface area is 129 Å². The number of hydrogen-bond donors (Lipinski definition) is 1. The fraction of sp³-hybridized carbons (Fsp3) is 0.167. The maximum Gasteiger partial charge on any atom is 0.0408 e. The van der Waals surface area contributed by atoms with Crippen LogP contribution in [0, 0.1) is 0 Å². The molecule has 0 amide bonds. The first-order chi connectivity index (χ1) is 10.3. The molecule has 21 heavy (non-hydrogen) atoms. The van der Waals surface area contributed by atoms with Gasteiger partial charge in [0.25, 0.3) is 0 Å². The topological polar surface area (TPSA) is 24.9 Å². The Hall–Kier alpha value is -1.90. The van der Waals surface area contributed by atoms with Crippen LogP contribution in [0.1, 0.15) is 17.2 Å². The maximum absolute atomic E-state index is 6.08. The zero-order valence-corrected chi connectivity index (χ0v) is 12.6. The first-order valence-corrected chi connectivity index (χ1v) is 7.40. The molecule has 0 bridgehead atoms. The van der Waals surface area contributed by atoms with Gasteiger partial charge in [0.2, 0.25) is 0 Å². The lowest BCUT2D eigenvalue weighted by Gasteiger charge is -2.18. The lowest BCUT2D eigenvalue weighted by Crippen LogP contribution is -2.19. The second kappa shape index (κ2) is 6.25. The summed E-state index contributed by atoms with van der Waals surface area (Å²) in [5.41, 5.74) is 2.44. The van der Waals surface area contributed by atoms with E-state index in [-0.39, 0.29) is 6.04 Å². The Balaban J connectivity index is 1.98. The summed E-state index contributed by atoms with van der Waals surface area (Å²) in [5.74, 6) is 0. The molecule has 0 saturated heterocycles. The van der Waals surface area contributed by atoms with Crippen molar-refractivity contribution in [3.63, 3.8) is 0 Å². The van der Waals surface area contributed by atoms with E-state index in [0.29, 0.717) is 0 Å². The van der Waals surface area contributed by atoms with E-state index in [0.717, 1.165) is 11.4 Å². The highest BCUT2D eigenvalue weighted by Crippen LogP contribution is 2.26. The molecule has 0 spiro atoms. The smallest absolute Gasteiger partial charge is 0.0408 e. The number of nitrogens with zero attached hydrogens (tertiary/aromatic N) is 1. The maximum atomic E-state index is 6.08. The van der Waals surface area contributed by atoms with Gasteiger partial charge in [-0.2, -0.15) is 0 Å². The largest absolute Gasteiger partial charge is 0.313 e. The predicted molar refractivity (Wildman–Crippen MR) is 88.7 cm³/mol. The standard InChI is InChI=1S/C18H17ClN2/c1-20-18(10-13-5-4-7-15(19)9-13)17-12-21-11-14-6-2-3-8-16(14)17/h2-9,11-12,18,20H,10H2,1H3. The van der Waals surface area contributed by atoms with E-state index in [2.05, 4.69) is 34.6 Å². The number of halogens is 1. The van der Waals surface area contributed by atoms with Crippen LogP contribution in [0.5, 0.6) is 0 Å². The van der Waals surface area contributed by atoms with Gasteiger partial charge in [0.1, 0.15) is 0 Å². The van der Waals surface area contributed by atoms with Crippen molar-refractivity contribution in [2.45, 2.75) is 12.5 Å². The van der Waals surface area contributed by atoms with Gasteiger partial charge in [0, 0.05) is 28.8 Å². The van der Waals surface area contributed by atoms with Crippen LogP contribution in [0.3, 0.4) is 0 Å². The minimum Gasteiger partial charge on any atom is -0.313 e. The molecule has 1 unspecified atom stereocenters. The summed E-state index contributed by atoms with van der Waals surface area (Å²) in [6.07, 6.45) is 4.74. The zero-order chi connectivity index (χ0) is 14.7. The van der Waals surface area contributed by atoms with Crippen molar-refractivity contribution in [3.8, 4) is 0 Å². The van der Waals surface area contributed by atoms with E-state index in [1.54, 1.807) is 0 Å². The molecule has 3 heteroatoms. The second-order valence-electron chi connectivity index (χ2n) is 5.13. The third kappa shape index (κ3) is 3.07. The van der Waals surface area contributed by atoms with E-state index in [9.17, 15) is 0 Å². The van der Waals surface area contributed by atoms with Gasteiger partial charge in [-0.05, 0) is 42.1 Å². The highest BCUT2D eigenvalue weighted by Gasteiger charge is 2.13. The molecular formula is C18H17ClN2. The monoisotopic (exact) mass is 296 g/mol. The molecule has 0 saturated carbocycles. The number of hydrogen-bond acceptors (Lipinski definition) is 2. The summed E-state index contributed by atoms with van der Waals surface area (Å²) < 4.78 is 0. The van der Waals surface area contributed by atoms with Crippen molar-refractivity contribution in [2.75, 3.05) is 7.05 Å². The van der Waals surface area contributed by atoms with Crippen molar-refractivity contribution < 1.29 is 0 Å². The average molecular weight is 297 g/mol. The Morgan fingerprint density at radius 1 is 1.10 bits per heavy atom. The lowest BCUT2D eigenvalue weighted by molar-refractivity contribution is 0.594. The number of aromatic nitrogens is 1. The molecule has 0 radical (unpaired) electrons. The number of nitrogens with one attached hydrogen (secondary N) is 1. The highest BCUT2D eigenvalue weighted by atomic mass is 35.5. The first-order valence-electron chi connectivity index (χ1n) is 7.02. The van der Waals surface area contributed by atoms with Crippen LogP contribution in [0.2, 0.25) is 5.02 Å². The van der Waals surface area contributed by atoms with Crippen LogP contribution in [0.4, 0.5) is 0 Å². The molecule has 3 rings (SSSR count). The number of fused-ring (bicyclic) bond motifs is 1. The van der Waals surface area contributed by atoms with E-state index < -0.39 is 0 Å². The zero-order valence-electron chi connectivity index (χ0n) is 11.9. The molecule has 0 aliphatic carbocycles. The Bertz CT molecular complexity index is 750. The van der Waals surface area contributed by atoms with Crippen molar-refractivity contribution >= 4 is 22.4 Å². The third-order valence-electron chi connectivity index (χ3n) is 3.75. The van der Waals surface area contributed by atoms with E-state index in [1.807, 2.05) is 43.7 Å². The van der Waals surface area contributed by atoms with Crippen LogP contribution in [0.25, 0.3) is 10.8 Å². The molecule has 0 aliphatic rings. The predicted octanol–water partition coefficient (Wildman–Crippen LogP) is 4.39. The summed E-state index contributed by atoms with van der Waals surface area (Å²) >= 11 is 6.08. The van der Waals surface area contributed by atoms with Gasteiger partial charge in [-0.3, -0.25) is 4.98 Å². The molecule has 0 aliphatic heterocycles. The molecule has 1 atom stereocenters. The minimum absolute atomic E-state index is 0.210. The molecule has 106 valence electrons. The van der Waals surface area contributed by atoms with Gasteiger partial charge < -0.3 is 5.32 Å². The van der Waals surface area contributed by atoms with Crippen molar-refractivity contribution in [1.82, 2.24) is 10.3 Å². The number of benzene rings is 2. The summed E-state index contributed by atoms with van der Waals surface area (Å²) in [6.45, 7) is 0. The summed E-state index contributed by atoms with van der Waals surface area (Å²) in [4.78, 5) is 4.37. The Morgan fingerprint density at radius 2 is 1.95 bits per heavy atom. The van der Waals surface area contributed by atoms with Gasteiger partial charge >= 0.3 is 0 Å². The Kier molecular flexibility index (Phi) is 4.18. The fourth-order valence-electron chi connectivity index (χ4n) is 2.68. The number of rotatable bonds is 4. The van der Waals surface area contributed by atoms with Crippen LogP contribution in [0.15, 0.2) is 60.9 Å². The first kappa shape index (κ1) is 14.1. The Morgan fingerprint density at radius 3 is 2.76 bits per heavy atom. The van der Waals surface area contributed by atoms with Crippen molar-refractivity contribution in [3.05, 3.63) is 77.1 Å². The van der Waals surface area contributed by atoms with Gasteiger partial charge in [-0.1, -0.05) is 48.0 Å². The van der Waals surface area contributed by atoms with Crippen molar-refractivity contribution in [1.29, 1.82) is 0 Å². The van der Waals surface area contributed by atoms with Gasteiger partial charge in [-0.25, -0.2) is 0 Å². The minimum atomic E-state index is 0.210. The van der Waals surface area contributed by atoms with Gasteiger partial charge in [-0.15, -0.1) is 0 Å². The molecule has 1 N–H and O–H groups in total. The van der Waals surface area contributed by atoms with E-state index in [1.165, 1.54) is 21.9 Å². The summed E-state index contributed by atoms with van der Waals surface area (Å²) in [5, 5.41) is 6.58. The molecule has 1 heterocycles. The SMILES string of the molecule is CNC(Cc1cccc(Cl)c1)c1cncc2ccccc12. The lowest BCUT2D eigenvalue weighted by atomic mass is 9.96.